The van der Waals surface area contributed by atoms with Crippen LogP contribution >= 0.6 is 0 Å². The van der Waals surface area contributed by atoms with Crippen LogP contribution in [0.25, 0.3) is 10.9 Å². The normalized spacial score (nSPS) is 14.3. The molecule has 1 saturated heterocycles. The summed E-state index contributed by atoms with van der Waals surface area (Å²) < 4.78 is 0. The van der Waals surface area contributed by atoms with Gasteiger partial charge in [-0.1, -0.05) is 30.3 Å². The van der Waals surface area contributed by atoms with Crippen LogP contribution in [0, 0.1) is 0 Å². The number of aromatic amines is 1. The molecule has 2 aromatic carbocycles. The second-order valence-electron chi connectivity index (χ2n) is 5.78. The maximum absolute atomic E-state index is 12.6. The summed E-state index contributed by atoms with van der Waals surface area (Å²) in [7, 11) is 0. The number of hydrogen-bond acceptors (Lipinski definition) is 3. The topological polar surface area (TPSA) is 61.0 Å². The summed E-state index contributed by atoms with van der Waals surface area (Å²) in [4.78, 5) is 15.0. The third-order valence-electron chi connectivity index (χ3n) is 4.28. The Bertz CT molecular complexity index is 849. The summed E-state index contributed by atoms with van der Waals surface area (Å²) in [6.07, 6.45) is 2.40. The molecule has 0 saturated carbocycles. The van der Waals surface area contributed by atoms with Crippen molar-refractivity contribution >= 4 is 28.2 Å². The van der Waals surface area contributed by atoms with Crippen molar-refractivity contribution in [3.8, 4) is 0 Å². The molecule has 0 aliphatic carbocycles. The first-order valence-electron chi connectivity index (χ1n) is 7.91. The molecular formula is C18H18N4O. The average Bonchev–Trinajstić information content (AvgIpc) is 3.25. The van der Waals surface area contributed by atoms with E-state index < -0.39 is 0 Å². The summed E-state index contributed by atoms with van der Waals surface area (Å²) in [6, 6.07) is 15.6. The van der Waals surface area contributed by atoms with Crippen LogP contribution in [0.1, 0.15) is 23.3 Å². The zero-order valence-electron chi connectivity index (χ0n) is 12.7. The van der Waals surface area contributed by atoms with Gasteiger partial charge in [-0.2, -0.15) is 5.10 Å². The third-order valence-corrected chi connectivity index (χ3v) is 4.28. The van der Waals surface area contributed by atoms with Gasteiger partial charge in [0.2, 0.25) is 0 Å². The first-order valence-corrected chi connectivity index (χ1v) is 7.91. The molecule has 0 bridgehead atoms. The summed E-state index contributed by atoms with van der Waals surface area (Å²) in [5, 5.41) is 10.9. The second kappa shape index (κ2) is 5.76. The van der Waals surface area contributed by atoms with Crippen molar-refractivity contribution in [3.63, 3.8) is 0 Å². The number of para-hydroxylation sites is 3. The highest BCUT2D eigenvalue weighted by molar-refractivity contribution is 6.12. The molecule has 1 fully saturated rings. The minimum Gasteiger partial charge on any atom is -0.370 e. The van der Waals surface area contributed by atoms with E-state index in [2.05, 4.69) is 26.5 Å². The third kappa shape index (κ3) is 2.54. The molecule has 23 heavy (non-hydrogen) atoms. The van der Waals surface area contributed by atoms with Gasteiger partial charge in [0.15, 0.2) is 5.69 Å². The Kier molecular flexibility index (Phi) is 3.46. The van der Waals surface area contributed by atoms with Crippen LogP contribution in [0.3, 0.4) is 0 Å². The summed E-state index contributed by atoms with van der Waals surface area (Å²) in [5.74, 6) is -0.186. The molecule has 1 aromatic heterocycles. The highest BCUT2D eigenvalue weighted by Crippen LogP contribution is 2.29. The Morgan fingerprint density at radius 3 is 2.65 bits per heavy atom. The number of carbonyl (C=O) groups excluding carboxylic acids is 1. The second-order valence-corrected chi connectivity index (χ2v) is 5.78. The molecule has 1 amide bonds. The Balaban J connectivity index is 1.64. The number of aromatic nitrogens is 2. The van der Waals surface area contributed by atoms with Crippen molar-refractivity contribution in [1.82, 2.24) is 10.2 Å². The summed E-state index contributed by atoms with van der Waals surface area (Å²) in [6.45, 7) is 2.08. The lowest BCUT2D eigenvalue weighted by atomic mass is 10.2. The van der Waals surface area contributed by atoms with Crippen molar-refractivity contribution in [2.45, 2.75) is 12.8 Å². The van der Waals surface area contributed by atoms with Crippen molar-refractivity contribution < 1.29 is 4.79 Å². The first-order chi connectivity index (χ1) is 11.3. The van der Waals surface area contributed by atoms with Crippen molar-refractivity contribution in [2.24, 2.45) is 0 Å². The lowest BCUT2D eigenvalue weighted by Crippen LogP contribution is -2.21. The minimum atomic E-state index is -0.186. The van der Waals surface area contributed by atoms with Crippen molar-refractivity contribution in [2.75, 3.05) is 23.3 Å². The number of amides is 1. The quantitative estimate of drug-likeness (QED) is 0.779. The van der Waals surface area contributed by atoms with Crippen molar-refractivity contribution in [3.05, 3.63) is 54.2 Å². The zero-order valence-corrected chi connectivity index (χ0v) is 12.7. The molecule has 5 nitrogen and oxygen atoms in total. The van der Waals surface area contributed by atoms with Gasteiger partial charge in [-0.3, -0.25) is 9.89 Å². The largest absolute Gasteiger partial charge is 0.370 e. The standard InChI is InChI=1S/C18H18N4O/c23-18(17-13-7-1-2-8-14(13)20-21-17)19-15-9-3-4-10-16(15)22-11-5-6-12-22/h1-4,7-10H,5-6,11-12H2,(H,19,23)(H,20,21). The van der Waals surface area contributed by atoms with Gasteiger partial charge in [0.1, 0.15) is 0 Å². The molecule has 4 rings (SSSR count). The smallest absolute Gasteiger partial charge is 0.276 e. The number of hydrogen-bond donors (Lipinski definition) is 2. The predicted octanol–water partition coefficient (Wildman–Crippen LogP) is 3.42. The fraction of sp³-hybridized carbons (Fsp3) is 0.222. The maximum Gasteiger partial charge on any atom is 0.276 e. The fourth-order valence-electron chi connectivity index (χ4n) is 3.13. The molecule has 1 aliphatic heterocycles. The highest BCUT2D eigenvalue weighted by atomic mass is 16.1. The summed E-state index contributed by atoms with van der Waals surface area (Å²) >= 11 is 0. The minimum absolute atomic E-state index is 0.186. The number of H-pyrrole nitrogens is 1. The molecule has 3 aromatic rings. The van der Waals surface area contributed by atoms with E-state index in [-0.39, 0.29) is 5.91 Å². The number of anilines is 2. The lowest BCUT2D eigenvalue weighted by molar-refractivity contribution is 0.102. The molecule has 0 spiro atoms. The van der Waals surface area contributed by atoms with E-state index in [0.29, 0.717) is 5.69 Å². The molecule has 5 heteroatoms. The predicted molar refractivity (Wildman–Crippen MR) is 91.9 cm³/mol. The monoisotopic (exact) mass is 306 g/mol. The lowest BCUT2D eigenvalue weighted by Gasteiger charge is -2.21. The van der Waals surface area contributed by atoms with Gasteiger partial charge in [0.25, 0.3) is 5.91 Å². The number of nitrogens with one attached hydrogen (secondary N) is 2. The van der Waals surface area contributed by atoms with Gasteiger partial charge in [-0.25, -0.2) is 0 Å². The van der Waals surface area contributed by atoms with Crippen LogP contribution in [0.4, 0.5) is 11.4 Å². The molecule has 2 N–H and O–H groups in total. The van der Waals surface area contributed by atoms with E-state index in [1.165, 1.54) is 12.8 Å². The number of nitrogens with zero attached hydrogens (tertiary/aromatic N) is 2. The number of benzene rings is 2. The van der Waals surface area contributed by atoms with Crippen LogP contribution in [-0.2, 0) is 0 Å². The van der Waals surface area contributed by atoms with E-state index in [0.717, 1.165) is 35.4 Å². The van der Waals surface area contributed by atoms with Gasteiger partial charge >= 0.3 is 0 Å². The van der Waals surface area contributed by atoms with Crippen LogP contribution in [0.2, 0.25) is 0 Å². The van der Waals surface area contributed by atoms with E-state index in [9.17, 15) is 4.79 Å². The molecule has 0 atom stereocenters. The zero-order chi connectivity index (χ0) is 15.6. The molecule has 0 radical (unpaired) electrons. The number of fused-ring (bicyclic) bond motifs is 1. The highest BCUT2D eigenvalue weighted by Gasteiger charge is 2.19. The molecule has 1 aliphatic rings. The van der Waals surface area contributed by atoms with Crippen LogP contribution in [0.5, 0.6) is 0 Å². The number of rotatable bonds is 3. The summed E-state index contributed by atoms with van der Waals surface area (Å²) in [5.41, 5.74) is 3.21. The number of carbonyl (C=O) groups is 1. The van der Waals surface area contributed by atoms with Crippen LogP contribution < -0.4 is 10.2 Å². The first kappa shape index (κ1) is 13.8. The Morgan fingerprint density at radius 2 is 1.78 bits per heavy atom. The SMILES string of the molecule is O=C(Nc1ccccc1N1CCCC1)c1n[nH]c2ccccc12. The van der Waals surface area contributed by atoms with Crippen molar-refractivity contribution in [1.29, 1.82) is 0 Å². The molecule has 0 unspecified atom stereocenters. The Hall–Kier alpha value is -2.82. The van der Waals surface area contributed by atoms with E-state index in [1.54, 1.807) is 0 Å². The van der Waals surface area contributed by atoms with Gasteiger partial charge < -0.3 is 10.2 Å². The maximum atomic E-state index is 12.6. The van der Waals surface area contributed by atoms with Gasteiger partial charge in [0, 0.05) is 18.5 Å². The Labute approximate surface area is 134 Å². The molecule has 2 heterocycles. The molecular weight excluding hydrogens is 288 g/mol. The molecule has 116 valence electrons. The van der Waals surface area contributed by atoms with E-state index in [1.807, 2.05) is 42.5 Å². The van der Waals surface area contributed by atoms with E-state index in [4.69, 9.17) is 0 Å². The van der Waals surface area contributed by atoms with Crippen LogP contribution in [0.15, 0.2) is 48.5 Å². The fourth-order valence-corrected chi connectivity index (χ4v) is 3.13. The van der Waals surface area contributed by atoms with Crippen LogP contribution in [-0.4, -0.2) is 29.2 Å². The van der Waals surface area contributed by atoms with Gasteiger partial charge in [-0.05, 0) is 31.0 Å². The van der Waals surface area contributed by atoms with Gasteiger partial charge in [0.05, 0.1) is 16.9 Å². The average molecular weight is 306 g/mol. The van der Waals surface area contributed by atoms with Gasteiger partial charge in [-0.15, -0.1) is 0 Å². The van der Waals surface area contributed by atoms with E-state index >= 15 is 0 Å². The Morgan fingerprint density at radius 1 is 1.04 bits per heavy atom.